The zero-order valence-electron chi connectivity index (χ0n) is 16.5. The van der Waals surface area contributed by atoms with E-state index in [9.17, 15) is 4.79 Å². The number of para-hydroxylation sites is 1. The predicted molar refractivity (Wildman–Crippen MR) is 115 cm³/mol. The zero-order valence-corrected chi connectivity index (χ0v) is 17.3. The molecule has 6 nitrogen and oxygen atoms in total. The molecule has 146 valence electrons. The van der Waals surface area contributed by atoms with Gasteiger partial charge < -0.3 is 11.2 Å². The summed E-state index contributed by atoms with van der Waals surface area (Å²) < 4.78 is 1.46. The molecule has 0 saturated carbocycles. The van der Waals surface area contributed by atoms with E-state index in [1.807, 2.05) is 82.3 Å². The van der Waals surface area contributed by atoms with Crippen LogP contribution in [0.2, 0.25) is 0 Å². The van der Waals surface area contributed by atoms with Crippen molar-refractivity contribution in [2.75, 3.05) is 11.2 Å². The standard InChI is InChI=1S/C21H25N5OS/c1-14(28-20-25-24-19(26(20)22)21(2,3)4)18(27)23-17-13-9-8-12-16(17)15-10-6-5-7-11-15/h5-14H,22H2,1-4H3,(H,23,27)/t14-/m0/s1. The summed E-state index contributed by atoms with van der Waals surface area (Å²) in [5.74, 6) is 6.69. The first kappa shape index (κ1) is 19.9. The number of nitrogen functional groups attached to an aromatic ring is 1. The lowest BCUT2D eigenvalue weighted by atomic mass is 9.96. The summed E-state index contributed by atoms with van der Waals surface area (Å²) in [6.45, 7) is 7.89. The summed E-state index contributed by atoms with van der Waals surface area (Å²) in [5, 5.41) is 11.5. The highest BCUT2D eigenvalue weighted by Crippen LogP contribution is 2.30. The number of carbonyl (C=O) groups is 1. The smallest absolute Gasteiger partial charge is 0.237 e. The van der Waals surface area contributed by atoms with E-state index in [1.54, 1.807) is 0 Å². The van der Waals surface area contributed by atoms with E-state index in [4.69, 9.17) is 5.84 Å². The van der Waals surface area contributed by atoms with Crippen molar-refractivity contribution >= 4 is 23.4 Å². The minimum atomic E-state index is -0.386. The summed E-state index contributed by atoms with van der Waals surface area (Å²) in [6.07, 6.45) is 0. The minimum Gasteiger partial charge on any atom is -0.336 e. The van der Waals surface area contributed by atoms with Gasteiger partial charge in [0.1, 0.15) is 0 Å². The lowest BCUT2D eigenvalue weighted by molar-refractivity contribution is -0.115. The van der Waals surface area contributed by atoms with Crippen LogP contribution in [0.15, 0.2) is 59.8 Å². The molecule has 0 aliphatic carbocycles. The molecular formula is C21H25N5OS. The molecule has 0 bridgehead atoms. The number of hydrogen-bond acceptors (Lipinski definition) is 5. The molecule has 3 rings (SSSR count). The Morgan fingerprint density at radius 3 is 2.36 bits per heavy atom. The fraction of sp³-hybridized carbons (Fsp3) is 0.286. The molecule has 1 heterocycles. The van der Waals surface area contributed by atoms with E-state index in [1.165, 1.54) is 16.4 Å². The number of carbonyl (C=O) groups excluding carboxylic acids is 1. The molecule has 0 radical (unpaired) electrons. The quantitative estimate of drug-likeness (QED) is 0.502. The van der Waals surface area contributed by atoms with Gasteiger partial charge >= 0.3 is 0 Å². The number of aromatic nitrogens is 3. The van der Waals surface area contributed by atoms with Gasteiger partial charge in [0.25, 0.3) is 0 Å². The number of benzene rings is 2. The van der Waals surface area contributed by atoms with Crippen molar-refractivity contribution in [2.24, 2.45) is 0 Å². The Hall–Kier alpha value is -2.80. The van der Waals surface area contributed by atoms with Crippen LogP contribution in [0.4, 0.5) is 5.69 Å². The lowest BCUT2D eigenvalue weighted by Gasteiger charge is -2.17. The Morgan fingerprint density at radius 2 is 1.71 bits per heavy atom. The summed E-state index contributed by atoms with van der Waals surface area (Å²) in [4.78, 5) is 12.8. The van der Waals surface area contributed by atoms with Gasteiger partial charge in [-0.3, -0.25) is 4.79 Å². The average Bonchev–Trinajstić information content (AvgIpc) is 3.03. The summed E-state index contributed by atoms with van der Waals surface area (Å²) in [7, 11) is 0. The van der Waals surface area contributed by atoms with Crippen molar-refractivity contribution in [3.8, 4) is 11.1 Å². The normalized spacial score (nSPS) is 12.6. The largest absolute Gasteiger partial charge is 0.336 e. The van der Waals surface area contributed by atoms with Gasteiger partial charge in [0.05, 0.1) is 5.25 Å². The highest BCUT2D eigenvalue weighted by atomic mass is 32.2. The maximum absolute atomic E-state index is 12.8. The van der Waals surface area contributed by atoms with E-state index in [0.29, 0.717) is 11.0 Å². The molecule has 2 aromatic carbocycles. The molecule has 3 N–H and O–H groups in total. The van der Waals surface area contributed by atoms with Gasteiger partial charge in [-0.2, -0.15) is 0 Å². The van der Waals surface area contributed by atoms with Gasteiger partial charge in [0.2, 0.25) is 11.1 Å². The fourth-order valence-corrected chi connectivity index (χ4v) is 3.55. The molecule has 0 aliphatic heterocycles. The van der Waals surface area contributed by atoms with Crippen molar-refractivity contribution < 1.29 is 4.79 Å². The third kappa shape index (κ3) is 4.36. The molecule has 1 amide bonds. The molecular weight excluding hydrogens is 370 g/mol. The maximum Gasteiger partial charge on any atom is 0.237 e. The first-order chi connectivity index (χ1) is 13.3. The van der Waals surface area contributed by atoms with Crippen LogP contribution in [0, 0.1) is 0 Å². The van der Waals surface area contributed by atoms with Crippen molar-refractivity contribution in [2.45, 2.75) is 43.5 Å². The van der Waals surface area contributed by atoms with Gasteiger partial charge in [0.15, 0.2) is 5.82 Å². The van der Waals surface area contributed by atoms with E-state index >= 15 is 0 Å². The Morgan fingerprint density at radius 1 is 1.07 bits per heavy atom. The first-order valence-electron chi connectivity index (χ1n) is 9.10. The molecule has 3 aromatic rings. The second-order valence-corrected chi connectivity index (χ2v) is 8.90. The van der Waals surface area contributed by atoms with Crippen LogP contribution < -0.4 is 11.2 Å². The number of anilines is 1. The van der Waals surface area contributed by atoms with Gasteiger partial charge in [-0.15, -0.1) is 10.2 Å². The zero-order chi connectivity index (χ0) is 20.3. The molecule has 0 aliphatic rings. The van der Waals surface area contributed by atoms with Crippen LogP contribution in [0.25, 0.3) is 11.1 Å². The summed E-state index contributed by atoms with van der Waals surface area (Å²) in [6, 6.07) is 17.7. The van der Waals surface area contributed by atoms with Gasteiger partial charge in [-0.1, -0.05) is 81.1 Å². The molecule has 1 aromatic heterocycles. The highest BCUT2D eigenvalue weighted by Gasteiger charge is 2.25. The third-order valence-electron chi connectivity index (χ3n) is 4.26. The number of rotatable bonds is 5. The minimum absolute atomic E-state index is 0.117. The first-order valence-corrected chi connectivity index (χ1v) is 9.98. The van der Waals surface area contributed by atoms with Crippen molar-refractivity contribution in [3.63, 3.8) is 0 Å². The third-order valence-corrected chi connectivity index (χ3v) is 5.31. The van der Waals surface area contributed by atoms with E-state index in [-0.39, 0.29) is 16.6 Å². The molecule has 0 saturated heterocycles. The van der Waals surface area contributed by atoms with Gasteiger partial charge in [0, 0.05) is 16.7 Å². The lowest BCUT2D eigenvalue weighted by Crippen LogP contribution is -2.26. The Labute approximate surface area is 169 Å². The second kappa shape index (κ2) is 8.06. The van der Waals surface area contributed by atoms with Crippen LogP contribution in [-0.2, 0) is 10.2 Å². The van der Waals surface area contributed by atoms with Gasteiger partial charge in [-0.25, -0.2) is 4.68 Å². The SMILES string of the molecule is C[C@H](Sc1nnc(C(C)(C)C)n1N)C(=O)Nc1ccccc1-c1ccccc1. The molecule has 7 heteroatoms. The monoisotopic (exact) mass is 395 g/mol. The maximum atomic E-state index is 12.8. The molecule has 1 atom stereocenters. The van der Waals surface area contributed by atoms with Crippen LogP contribution in [0.3, 0.4) is 0 Å². The molecule has 28 heavy (non-hydrogen) atoms. The number of nitrogens with two attached hydrogens (primary N) is 1. The van der Waals surface area contributed by atoms with Crippen LogP contribution in [0.5, 0.6) is 0 Å². The number of nitrogens with zero attached hydrogens (tertiary/aromatic N) is 3. The van der Waals surface area contributed by atoms with Gasteiger partial charge in [-0.05, 0) is 18.6 Å². The molecule has 0 spiro atoms. The number of hydrogen-bond donors (Lipinski definition) is 2. The van der Waals surface area contributed by atoms with Crippen LogP contribution >= 0.6 is 11.8 Å². The van der Waals surface area contributed by atoms with E-state index < -0.39 is 0 Å². The average molecular weight is 396 g/mol. The second-order valence-electron chi connectivity index (χ2n) is 7.59. The van der Waals surface area contributed by atoms with Crippen LogP contribution in [-0.4, -0.2) is 26.0 Å². The Bertz CT molecular complexity index is 962. The van der Waals surface area contributed by atoms with Crippen LogP contribution in [0.1, 0.15) is 33.5 Å². The Balaban J connectivity index is 1.75. The predicted octanol–water partition coefficient (Wildman–Crippen LogP) is 4.08. The Kier molecular flexibility index (Phi) is 5.74. The van der Waals surface area contributed by atoms with Crippen molar-refractivity contribution in [3.05, 3.63) is 60.4 Å². The summed E-state index contributed by atoms with van der Waals surface area (Å²) >= 11 is 1.29. The van der Waals surface area contributed by atoms with E-state index in [2.05, 4.69) is 15.5 Å². The number of nitrogens with one attached hydrogen (secondary N) is 1. The summed E-state index contributed by atoms with van der Waals surface area (Å²) in [5.41, 5.74) is 2.58. The van der Waals surface area contributed by atoms with E-state index in [0.717, 1.165) is 16.8 Å². The van der Waals surface area contributed by atoms with Crippen molar-refractivity contribution in [1.82, 2.24) is 14.9 Å². The topological polar surface area (TPSA) is 85.8 Å². The van der Waals surface area contributed by atoms with Crippen molar-refractivity contribution in [1.29, 1.82) is 0 Å². The number of thioether (sulfide) groups is 1. The highest BCUT2D eigenvalue weighted by molar-refractivity contribution is 8.00. The molecule has 0 fully saturated rings. The molecule has 0 unspecified atom stereocenters. The number of amides is 1. The fourth-order valence-electron chi connectivity index (χ4n) is 2.78.